The lowest BCUT2D eigenvalue weighted by Crippen LogP contribution is -2.02. The van der Waals surface area contributed by atoms with Gasteiger partial charge in [-0.15, -0.1) is 0 Å². The summed E-state index contributed by atoms with van der Waals surface area (Å²) in [7, 11) is 1.26. The van der Waals surface area contributed by atoms with E-state index >= 15 is 0 Å². The molecule has 0 bridgehead atoms. The summed E-state index contributed by atoms with van der Waals surface area (Å²) in [5.74, 6) is 0.124. The first kappa shape index (κ1) is 14.1. The highest BCUT2D eigenvalue weighted by Crippen LogP contribution is 2.37. The molecular formula is C13H11NO5S. The predicted octanol–water partition coefficient (Wildman–Crippen LogP) is 3.43. The Morgan fingerprint density at radius 3 is 2.65 bits per heavy atom. The van der Waals surface area contributed by atoms with E-state index in [-0.39, 0.29) is 11.3 Å². The van der Waals surface area contributed by atoms with Crippen molar-refractivity contribution in [2.45, 2.75) is 16.7 Å². The highest BCUT2D eigenvalue weighted by molar-refractivity contribution is 7.99. The van der Waals surface area contributed by atoms with Crippen molar-refractivity contribution in [1.82, 2.24) is 0 Å². The van der Waals surface area contributed by atoms with Gasteiger partial charge in [-0.1, -0.05) is 11.8 Å². The number of aryl methyl sites for hydroxylation is 1. The Kier molecular flexibility index (Phi) is 4.09. The van der Waals surface area contributed by atoms with Gasteiger partial charge >= 0.3 is 5.97 Å². The number of nitrogens with zero attached hydrogens (tertiary/aromatic N) is 1. The Morgan fingerprint density at radius 1 is 1.35 bits per heavy atom. The van der Waals surface area contributed by atoms with Gasteiger partial charge in [0.25, 0.3) is 5.69 Å². The van der Waals surface area contributed by atoms with Crippen LogP contribution in [0, 0.1) is 17.0 Å². The Hall–Kier alpha value is -2.28. The average Bonchev–Trinajstić information content (AvgIpc) is 2.83. The number of hydrogen-bond donors (Lipinski definition) is 0. The number of nitro benzene ring substituents is 1. The number of benzene rings is 1. The zero-order valence-corrected chi connectivity index (χ0v) is 11.6. The third kappa shape index (κ3) is 2.83. The summed E-state index contributed by atoms with van der Waals surface area (Å²) in [5, 5.41) is 11.0. The van der Waals surface area contributed by atoms with Crippen molar-refractivity contribution >= 4 is 23.4 Å². The lowest BCUT2D eigenvalue weighted by atomic mass is 10.2. The van der Waals surface area contributed by atoms with E-state index in [1.54, 1.807) is 13.0 Å². The minimum atomic E-state index is -0.536. The van der Waals surface area contributed by atoms with Crippen molar-refractivity contribution in [3.8, 4) is 0 Å². The normalized spacial score (nSPS) is 10.3. The Labute approximate surface area is 118 Å². The highest BCUT2D eigenvalue weighted by Gasteiger charge is 2.19. The van der Waals surface area contributed by atoms with Crippen molar-refractivity contribution in [1.29, 1.82) is 0 Å². The molecule has 0 unspecified atom stereocenters. The summed E-state index contributed by atoms with van der Waals surface area (Å²) < 4.78 is 9.77. The van der Waals surface area contributed by atoms with E-state index < -0.39 is 10.9 Å². The fourth-order valence-corrected chi connectivity index (χ4v) is 2.57. The van der Waals surface area contributed by atoms with Gasteiger partial charge in [-0.25, -0.2) is 4.79 Å². The van der Waals surface area contributed by atoms with E-state index in [1.807, 2.05) is 0 Å². The van der Waals surface area contributed by atoms with Crippen molar-refractivity contribution in [3.05, 3.63) is 52.0 Å². The lowest BCUT2D eigenvalue weighted by molar-refractivity contribution is -0.387. The Balaban J connectivity index is 2.44. The second-order valence-electron chi connectivity index (χ2n) is 3.87. The summed E-state index contributed by atoms with van der Waals surface area (Å²) >= 11 is 1.17. The number of ether oxygens (including phenoxy) is 1. The first-order valence-corrected chi connectivity index (χ1v) is 6.43. The molecule has 0 aliphatic carbocycles. The van der Waals surface area contributed by atoms with Crippen LogP contribution in [0.1, 0.15) is 16.1 Å². The second-order valence-corrected chi connectivity index (χ2v) is 4.96. The molecule has 1 aromatic heterocycles. The Morgan fingerprint density at radius 2 is 2.10 bits per heavy atom. The second kappa shape index (κ2) is 5.79. The summed E-state index contributed by atoms with van der Waals surface area (Å²) in [6, 6.07) is 5.83. The molecule has 1 heterocycles. The number of carbonyl (C=O) groups excluding carboxylic acids is 1. The number of carbonyl (C=O) groups is 1. The molecule has 104 valence electrons. The van der Waals surface area contributed by atoms with Gasteiger partial charge in [0.1, 0.15) is 5.76 Å². The molecule has 0 saturated carbocycles. The third-order valence-electron chi connectivity index (χ3n) is 2.61. The molecule has 7 heteroatoms. The number of methoxy groups -OCH3 is 1. The smallest absolute Gasteiger partial charge is 0.337 e. The molecule has 0 fully saturated rings. The van der Waals surface area contributed by atoms with Gasteiger partial charge in [0, 0.05) is 6.07 Å². The maximum absolute atomic E-state index is 11.5. The number of nitro groups is 1. The van der Waals surface area contributed by atoms with E-state index in [2.05, 4.69) is 4.74 Å². The topological polar surface area (TPSA) is 82.6 Å². The van der Waals surface area contributed by atoms with Crippen molar-refractivity contribution in [3.63, 3.8) is 0 Å². The fourth-order valence-electron chi connectivity index (χ4n) is 1.59. The van der Waals surface area contributed by atoms with Gasteiger partial charge in [0.05, 0.1) is 33.7 Å². The van der Waals surface area contributed by atoms with Gasteiger partial charge in [0.2, 0.25) is 0 Å². The summed E-state index contributed by atoms with van der Waals surface area (Å²) in [4.78, 5) is 23.2. The van der Waals surface area contributed by atoms with Gasteiger partial charge in [-0.05, 0) is 25.1 Å². The maximum Gasteiger partial charge on any atom is 0.337 e. The number of hydrogen-bond acceptors (Lipinski definition) is 6. The summed E-state index contributed by atoms with van der Waals surface area (Å²) in [6.07, 6.45) is 1.51. The highest BCUT2D eigenvalue weighted by atomic mass is 32.2. The van der Waals surface area contributed by atoms with Crippen LogP contribution in [0.3, 0.4) is 0 Å². The van der Waals surface area contributed by atoms with E-state index in [9.17, 15) is 14.9 Å². The lowest BCUT2D eigenvalue weighted by Gasteiger charge is -2.04. The van der Waals surface area contributed by atoms with E-state index in [0.717, 1.165) is 4.90 Å². The first-order valence-electron chi connectivity index (χ1n) is 5.61. The van der Waals surface area contributed by atoms with Crippen molar-refractivity contribution < 1.29 is 18.9 Å². The van der Waals surface area contributed by atoms with Crippen LogP contribution < -0.4 is 0 Å². The zero-order chi connectivity index (χ0) is 14.7. The van der Waals surface area contributed by atoms with Crippen LogP contribution in [0.15, 0.2) is 44.7 Å². The molecule has 0 aliphatic heterocycles. The van der Waals surface area contributed by atoms with Crippen molar-refractivity contribution in [2.24, 2.45) is 0 Å². The molecule has 0 saturated heterocycles. The fraction of sp³-hybridized carbons (Fsp3) is 0.154. The minimum absolute atomic E-state index is 0.0664. The molecular weight excluding hydrogens is 282 g/mol. The first-order chi connectivity index (χ1) is 9.52. The zero-order valence-electron chi connectivity index (χ0n) is 10.8. The van der Waals surface area contributed by atoms with E-state index in [1.165, 1.54) is 43.3 Å². The molecule has 6 nitrogen and oxygen atoms in total. The molecule has 0 atom stereocenters. The van der Waals surface area contributed by atoms with Gasteiger partial charge in [-0.2, -0.15) is 0 Å². The van der Waals surface area contributed by atoms with Crippen LogP contribution in [-0.2, 0) is 4.74 Å². The van der Waals surface area contributed by atoms with Crippen LogP contribution in [0.5, 0.6) is 0 Å². The van der Waals surface area contributed by atoms with Crippen LogP contribution >= 0.6 is 11.8 Å². The molecule has 2 rings (SSSR count). The molecule has 0 amide bonds. The Bertz CT molecular complexity index is 665. The predicted molar refractivity (Wildman–Crippen MR) is 72.0 cm³/mol. The van der Waals surface area contributed by atoms with Crippen LogP contribution in [0.2, 0.25) is 0 Å². The number of furan rings is 1. The SMILES string of the molecule is COC(=O)c1ccc([N+](=O)[O-])c(Sc2ccoc2C)c1. The molecule has 20 heavy (non-hydrogen) atoms. The monoisotopic (exact) mass is 293 g/mol. The largest absolute Gasteiger partial charge is 0.468 e. The molecule has 1 aromatic carbocycles. The molecule has 0 radical (unpaired) electrons. The van der Waals surface area contributed by atoms with Crippen molar-refractivity contribution in [2.75, 3.05) is 7.11 Å². The average molecular weight is 293 g/mol. The van der Waals surface area contributed by atoms with E-state index in [0.29, 0.717) is 10.7 Å². The molecule has 2 aromatic rings. The quantitative estimate of drug-likeness (QED) is 0.488. The molecule has 0 N–H and O–H groups in total. The number of rotatable bonds is 4. The third-order valence-corrected chi connectivity index (χ3v) is 3.80. The summed E-state index contributed by atoms with van der Waals surface area (Å²) in [6.45, 7) is 1.76. The van der Waals surface area contributed by atoms with Crippen LogP contribution in [-0.4, -0.2) is 18.0 Å². The van der Waals surface area contributed by atoms with Crippen LogP contribution in [0.4, 0.5) is 5.69 Å². The van der Waals surface area contributed by atoms with Gasteiger partial charge in [0.15, 0.2) is 0 Å². The standard InChI is InChI=1S/C13H11NO5S/c1-8-11(5-6-19-8)20-12-7-9(13(15)18-2)3-4-10(12)14(16)17/h3-7H,1-2H3. The summed E-state index contributed by atoms with van der Waals surface area (Å²) in [5.41, 5.74) is 0.199. The van der Waals surface area contributed by atoms with Gasteiger partial charge < -0.3 is 9.15 Å². The number of esters is 1. The van der Waals surface area contributed by atoms with Gasteiger partial charge in [-0.3, -0.25) is 10.1 Å². The minimum Gasteiger partial charge on any atom is -0.468 e. The maximum atomic E-state index is 11.5. The van der Waals surface area contributed by atoms with Crippen LogP contribution in [0.25, 0.3) is 0 Å². The van der Waals surface area contributed by atoms with E-state index in [4.69, 9.17) is 4.42 Å². The molecule has 0 aliphatic rings. The molecule has 0 spiro atoms.